The lowest BCUT2D eigenvalue weighted by atomic mass is 10.2. The molecule has 4 heteroatoms. The number of nitrogens with zero attached hydrogens (tertiary/aromatic N) is 2. The van der Waals surface area contributed by atoms with Crippen LogP contribution in [0.1, 0.15) is 11.3 Å². The molecule has 0 saturated carbocycles. The maximum absolute atomic E-state index is 10.0. The third-order valence-electron chi connectivity index (χ3n) is 2.92. The molecule has 0 fully saturated rings. The Morgan fingerprint density at radius 3 is 2.79 bits per heavy atom. The van der Waals surface area contributed by atoms with Crippen molar-refractivity contribution in [1.29, 1.82) is 0 Å². The molecule has 2 rings (SSSR count). The lowest BCUT2D eigenvalue weighted by molar-refractivity contribution is 0.473. The van der Waals surface area contributed by atoms with Crippen molar-refractivity contribution < 1.29 is 5.11 Å². The standard InChI is InChI=1S/C15H18N2OS/c1-12-5-6-15(18)14(10-12)17(8-9-19)11-13-4-2-3-7-16-13/h2-7,10,18-19H,8-9,11H2,1H3. The van der Waals surface area contributed by atoms with Crippen LogP contribution in [0.2, 0.25) is 0 Å². The normalized spacial score (nSPS) is 10.4. The summed E-state index contributed by atoms with van der Waals surface area (Å²) in [6.07, 6.45) is 1.78. The molecule has 19 heavy (non-hydrogen) atoms. The highest BCUT2D eigenvalue weighted by molar-refractivity contribution is 7.80. The average molecular weight is 274 g/mol. The van der Waals surface area contributed by atoms with E-state index >= 15 is 0 Å². The van der Waals surface area contributed by atoms with Crippen LogP contribution in [0.5, 0.6) is 5.75 Å². The van der Waals surface area contributed by atoms with E-state index in [0.29, 0.717) is 12.3 Å². The van der Waals surface area contributed by atoms with Crippen LogP contribution >= 0.6 is 12.6 Å². The molecule has 0 atom stereocenters. The van der Waals surface area contributed by atoms with Crippen molar-refractivity contribution in [2.24, 2.45) is 0 Å². The van der Waals surface area contributed by atoms with Crippen LogP contribution in [0.4, 0.5) is 5.69 Å². The van der Waals surface area contributed by atoms with E-state index in [-0.39, 0.29) is 0 Å². The molecule has 0 spiro atoms. The number of phenolic OH excluding ortho intramolecular Hbond substituents is 1. The average Bonchev–Trinajstić information content (AvgIpc) is 2.42. The van der Waals surface area contributed by atoms with Gasteiger partial charge >= 0.3 is 0 Å². The van der Waals surface area contributed by atoms with Gasteiger partial charge in [0, 0.05) is 18.5 Å². The first-order valence-corrected chi connectivity index (χ1v) is 6.89. The summed E-state index contributed by atoms with van der Waals surface area (Å²) in [6.45, 7) is 3.44. The van der Waals surface area contributed by atoms with E-state index in [1.54, 1.807) is 12.3 Å². The maximum atomic E-state index is 10.0. The Morgan fingerprint density at radius 1 is 1.26 bits per heavy atom. The SMILES string of the molecule is Cc1ccc(O)c(N(CCS)Cc2ccccn2)c1. The minimum Gasteiger partial charge on any atom is -0.506 e. The number of hydrogen-bond donors (Lipinski definition) is 2. The van der Waals surface area contributed by atoms with Gasteiger partial charge in [0.05, 0.1) is 17.9 Å². The maximum Gasteiger partial charge on any atom is 0.138 e. The largest absolute Gasteiger partial charge is 0.506 e. The highest BCUT2D eigenvalue weighted by atomic mass is 32.1. The van der Waals surface area contributed by atoms with Crippen LogP contribution in [0.3, 0.4) is 0 Å². The van der Waals surface area contributed by atoms with Crippen LogP contribution < -0.4 is 4.90 Å². The van der Waals surface area contributed by atoms with Gasteiger partial charge in [-0.2, -0.15) is 12.6 Å². The first-order chi connectivity index (χ1) is 9.20. The van der Waals surface area contributed by atoms with E-state index in [2.05, 4.69) is 22.5 Å². The molecule has 1 N–H and O–H groups in total. The number of hydrogen-bond acceptors (Lipinski definition) is 4. The fourth-order valence-electron chi connectivity index (χ4n) is 1.98. The van der Waals surface area contributed by atoms with Gasteiger partial charge in [0.1, 0.15) is 5.75 Å². The number of aromatic hydroxyl groups is 1. The molecule has 3 nitrogen and oxygen atoms in total. The molecule has 0 aliphatic rings. The fourth-order valence-corrected chi connectivity index (χ4v) is 2.22. The van der Waals surface area contributed by atoms with Crippen molar-refractivity contribution in [2.45, 2.75) is 13.5 Å². The number of benzene rings is 1. The predicted octanol–water partition coefficient (Wildman–Crippen LogP) is 3.03. The molecule has 1 heterocycles. The smallest absolute Gasteiger partial charge is 0.138 e. The first kappa shape index (κ1) is 13.7. The monoisotopic (exact) mass is 274 g/mol. The quantitative estimate of drug-likeness (QED) is 0.823. The summed E-state index contributed by atoms with van der Waals surface area (Å²) < 4.78 is 0. The Kier molecular flexibility index (Phi) is 4.68. The topological polar surface area (TPSA) is 36.4 Å². The van der Waals surface area contributed by atoms with Gasteiger partial charge in [0.2, 0.25) is 0 Å². The number of aryl methyl sites for hydroxylation is 1. The molecule has 1 aromatic heterocycles. The molecule has 0 radical (unpaired) electrons. The summed E-state index contributed by atoms with van der Waals surface area (Å²) in [5, 5.41) is 10.0. The van der Waals surface area contributed by atoms with Crippen molar-refractivity contribution in [3.05, 3.63) is 53.9 Å². The molecule has 0 unspecified atom stereocenters. The van der Waals surface area contributed by atoms with Gasteiger partial charge in [-0.25, -0.2) is 0 Å². The van der Waals surface area contributed by atoms with Gasteiger partial charge in [-0.05, 0) is 36.8 Å². The molecule has 0 amide bonds. The van der Waals surface area contributed by atoms with Gasteiger partial charge in [-0.1, -0.05) is 12.1 Å². The van der Waals surface area contributed by atoms with Crippen LogP contribution in [0.15, 0.2) is 42.6 Å². The van der Waals surface area contributed by atoms with Crippen molar-refractivity contribution in [3.63, 3.8) is 0 Å². The third kappa shape index (κ3) is 3.64. The van der Waals surface area contributed by atoms with E-state index < -0.39 is 0 Å². The molecule has 0 saturated heterocycles. The number of anilines is 1. The predicted molar refractivity (Wildman–Crippen MR) is 82.0 cm³/mol. The minimum atomic E-state index is 0.295. The Balaban J connectivity index is 2.27. The molecular weight excluding hydrogens is 256 g/mol. The first-order valence-electron chi connectivity index (χ1n) is 6.26. The molecule has 0 aliphatic heterocycles. The zero-order chi connectivity index (χ0) is 13.7. The van der Waals surface area contributed by atoms with Gasteiger partial charge in [-0.15, -0.1) is 0 Å². The summed E-state index contributed by atoms with van der Waals surface area (Å²) in [7, 11) is 0. The lowest BCUT2D eigenvalue weighted by Gasteiger charge is -2.25. The Labute approximate surface area is 119 Å². The van der Waals surface area contributed by atoms with E-state index in [0.717, 1.165) is 29.2 Å². The molecule has 0 aliphatic carbocycles. The van der Waals surface area contributed by atoms with Crippen LogP contribution in [-0.2, 0) is 6.54 Å². The summed E-state index contributed by atoms with van der Waals surface area (Å²) in [4.78, 5) is 6.43. The van der Waals surface area contributed by atoms with Crippen LogP contribution in [0.25, 0.3) is 0 Å². The summed E-state index contributed by atoms with van der Waals surface area (Å²) in [5.41, 5.74) is 2.93. The minimum absolute atomic E-state index is 0.295. The molecule has 1 aromatic carbocycles. The second-order valence-electron chi connectivity index (χ2n) is 4.46. The lowest BCUT2D eigenvalue weighted by Crippen LogP contribution is -2.25. The third-order valence-corrected chi connectivity index (χ3v) is 3.12. The second kappa shape index (κ2) is 6.48. The highest BCUT2D eigenvalue weighted by Crippen LogP contribution is 2.29. The number of rotatable bonds is 5. The molecule has 2 aromatic rings. The van der Waals surface area contributed by atoms with Crippen molar-refractivity contribution in [1.82, 2.24) is 4.98 Å². The van der Waals surface area contributed by atoms with E-state index in [9.17, 15) is 5.11 Å². The zero-order valence-corrected chi connectivity index (χ0v) is 11.8. The number of pyridine rings is 1. The van der Waals surface area contributed by atoms with E-state index in [1.165, 1.54) is 0 Å². The second-order valence-corrected chi connectivity index (χ2v) is 4.91. The fraction of sp³-hybridized carbons (Fsp3) is 0.267. The van der Waals surface area contributed by atoms with Gasteiger partial charge in [0.25, 0.3) is 0 Å². The number of phenols is 1. The van der Waals surface area contributed by atoms with Crippen LogP contribution in [0, 0.1) is 6.92 Å². The molecule has 0 bridgehead atoms. The zero-order valence-electron chi connectivity index (χ0n) is 11.0. The molecular formula is C15H18N2OS. The van der Waals surface area contributed by atoms with Crippen molar-refractivity contribution in [3.8, 4) is 5.75 Å². The van der Waals surface area contributed by atoms with E-state index in [1.807, 2.05) is 37.3 Å². The van der Waals surface area contributed by atoms with E-state index in [4.69, 9.17) is 0 Å². The Morgan fingerprint density at radius 2 is 2.11 bits per heavy atom. The van der Waals surface area contributed by atoms with Crippen molar-refractivity contribution in [2.75, 3.05) is 17.2 Å². The summed E-state index contributed by atoms with van der Waals surface area (Å²) >= 11 is 4.29. The van der Waals surface area contributed by atoms with Gasteiger partial charge in [-0.3, -0.25) is 4.98 Å². The highest BCUT2D eigenvalue weighted by Gasteiger charge is 2.11. The number of thiol groups is 1. The van der Waals surface area contributed by atoms with Gasteiger partial charge in [0.15, 0.2) is 0 Å². The van der Waals surface area contributed by atoms with Crippen LogP contribution in [-0.4, -0.2) is 22.4 Å². The summed E-state index contributed by atoms with van der Waals surface area (Å²) in [6, 6.07) is 11.5. The number of aromatic nitrogens is 1. The summed E-state index contributed by atoms with van der Waals surface area (Å²) in [5.74, 6) is 1.02. The van der Waals surface area contributed by atoms with Gasteiger partial charge < -0.3 is 10.0 Å². The van der Waals surface area contributed by atoms with Crippen molar-refractivity contribution >= 4 is 18.3 Å². The Bertz CT molecular complexity index is 531. The molecule has 100 valence electrons. The Hall–Kier alpha value is -1.68.